The highest BCUT2D eigenvalue weighted by Crippen LogP contribution is 2.30. The van der Waals surface area contributed by atoms with E-state index in [1.165, 1.54) is 30.5 Å². The highest BCUT2D eigenvalue weighted by Gasteiger charge is 2.24. The molecule has 0 aromatic heterocycles. The van der Waals surface area contributed by atoms with Gasteiger partial charge in [0, 0.05) is 25.6 Å². The average molecular weight is 511 g/mol. The summed E-state index contributed by atoms with van der Waals surface area (Å²) < 4.78 is 16.1. The largest absolute Gasteiger partial charge is 0.497 e. The number of carbonyl (C=O) groups is 1. The van der Waals surface area contributed by atoms with E-state index in [1.54, 1.807) is 21.3 Å². The van der Waals surface area contributed by atoms with E-state index in [0.29, 0.717) is 18.4 Å². The Kier molecular flexibility index (Phi) is 12.1. The van der Waals surface area contributed by atoms with Crippen LogP contribution in [0.2, 0.25) is 0 Å². The van der Waals surface area contributed by atoms with E-state index in [4.69, 9.17) is 14.2 Å². The van der Waals surface area contributed by atoms with Gasteiger partial charge in [-0.05, 0) is 93.4 Å². The molecule has 1 aliphatic rings. The molecule has 1 heterocycles. The number of ether oxygens (including phenoxy) is 3. The van der Waals surface area contributed by atoms with Gasteiger partial charge in [-0.2, -0.15) is 0 Å². The Labute approximate surface area is 223 Å². The predicted octanol–water partition coefficient (Wildman–Crippen LogP) is 5.76. The number of unbranched alkanes of at least 4 members (excludes halogenated alkanes) is 2. The van der Waals surface area contributed by atoms with Gasteiger partial charge in [0.1, 0.15) is 5.75 Å². The van der Waals surface area contributed by atoms with Crippen LogP contribution >= 0.6 is 0 Å². The first-order valence-electron chi connectivity index (χ1n) is 13.9. The fourth-order valence-electron chi connectivity index (χ4n) is 5.31. The fourth-order valence-corrected chi connectivity index (χ4v) is 5.31. The van der Waals surface area contributed by atoms with Crippen molar-refractivity contribution in [2.75, 3.05) is 47.5 Å². The van der Waals surface area contributed by atoms with Gasteiger partial charge in [0.15, 0.2) is 11.5 Å². The van der Waals surface area contributed by atoms with Gasteiger partial charge in [-0.3, -0.25) is 4.79 Å². The van der Waals surface area contributed by atoms with Crippen molar-refractivity contribution in [3.8, 4) is 17.2 Å². The highest BCUT2D eigenvalue weighted by atomic mass is 16.5. The van der Waals surface area contributed by atoms with Crippen molar-refractivity contribution in [2.45, 2.75) is 70.8 Å². The summed E-state index contributed by atoms with van der Waals surface area (Å²) in [6, 6.07) is 15.0. The fraction of sp³-hybridized carbons (Fsp3) is 0.581. The molecular formula is C31H46N2O4. The summed E-state index contributed by atoms with van der Waals surface area (Å²) in [5.41, 5.74) is 2.54. The van der Waals surface area contributed by atoms with Crippen LogP contribution in [0, 0.1) is 0 Å². The topological polar surface area (TPSA) is 51.2 Å². The van der Waals surface area contributed by atoms with Crippen LogP contribution in [0.3, 0.4) is 0 Å². The Bertz CT molecular complexity index is 947. The molecule has 1 fully saturated rings. The lowest BCUT2D eigenvalue weighted by Gasteiger charge is -2.25. The van der Waals surface area contributed by atoms with E-state index in [2.05, 4.69) is 36.1 Å². The Balaban J connectivity index is 1.38. The maximum absolute atomic E-state index is 12.9. The van der Waals surface area contributed by atoms with Crippen molar-refractivity contribution in [3.05, 3.63) is 53.6 Å². The van der Waals surface area contributed by atoms with Crippen molar-refractivity contribution in [1.82, 2.24) is 9.80 Å². The van der Waals surface area contributed by atoms with Gasteiger partial charge in [-0.1, -0.05) is 31.5 Å². The zero-order chi connectivity index (χ0) is 26.5. The van der Waals surface area contributed by atoms with Gasteiger partial charge < -0.3 is 24.0 Å². The number of likely N-dealkylation sites (tertiary alicyclic amines) is 1. The van der Waals surface area contributed by atoms with E-state index in [-0.39, 0.29) is 0 Å². The third kappa shape index (κ3) is 8.96. The summed E-state index contributed by atoms with van der Waals surface area (Å²) in [5.74, 6) is 2.74. The third-order valence-corrected chi connectivity index (χ3v) is 7.43. The molecular weight excluding hydrogens is 464 g/mol. The molecule has 1 saturated heterocycles. The van der Waals surface area contributed by atoms with Crippen molar-refractivity contribution >= 4 is 5.91 Å². The van der Waals surface area contributed by atoms with Crippen molar-refractivity contribution in [3.63, 3.8) is 0 Å². The maximum Gasteiger partial charge on any atom is 0.222 e. The molecule has 0 unspecified atom stereocenters. The molecule has 6 nitrogen and oxygen atoms in total. The van der Waals surface area contributed by atoms with Gasteiger partial charge in [-0.25, -0.2) is 0 Å². The lowest BCUT2D eigenvalue weighted by atomic mass is 10.0. The molecule has 2 aromatic rings. The molecule has 0 N–H and O–H groups in total. The summed E-state index contributed by atoms with van der Waals surface area (Å²) in [6.45, 7) is 6.04. The standard InChI is InChI=1S/C31H46N2O4/c1-5-19-33(22-18-25-12-15-28(35-2)16-13-25)31(34)11-7-6-8-20-32-21-9-10-27(32)23-26-14-17-29(36-3)30(24-26)37-4/h12-17,24,27H,5-11,18-23H2,1-4H3/t27-/m1/s1. The number of methoxy groups -OCH3 is 3. The van der Waals surface area contributed by atoms with Crippen molar-refractivity contribution < 1.29 is 19.0 Å². The minimum atomic E-state index is 0.294. The number of rotatable bonds is 16. The van der Waals surface area contributed by atoms with E-state index in [9.17, 15) is 4.79 Å². The van der Waals surface area contributed by atoms with Crippen LogP contribution in [0.15, 0.2) is 42.5 Å². The second-order valence-electron chi connectivity index (χ2n) is 10.0. The molecule has 1 atom stereocenters. The number of benzene rings is 2. The predicted molar refractivity (Wildman–Crippen MR) is 150 cm³/mol. The average Bonchev–Trinajstić information content (AvgIpc) is 3.37. The Morgan fingerprint density at radius 2 is 1.68 bits per heavy atom. The van der Waals surface area contributed by atoms with Gasteiger partial charge in [0.2, 0.25) is 5.91 Å². The summed E-state index contributed by atoms with van der Waals surface area (Å²) in [6.07, 6.45) is 9.28. The monoisotopic (exact) mass is 510 g/mol. The van der Waals surface area contributed by atoms with Crippen LogP contribution in [0.1, 0.15) is 63.0 Å². The summed E-state index contributed by atoms with van der Waals surface area (Å²) >= 11 is 0. The molecule has 204 valence electrons. The molecule has 3 rings (SSSR count). The van der Waals surface area contributed by atoms with Gasteiger partial charge in [-0.15, -0.1) is 0 Å². The molecule has 1 amide bonds. The Hall–Kier alpha value is -2.73. The van der Waals surface area contributed by atoms with E-state index in [1.807, 2.05) is 23.1 Å². The van der Waals surface area contributed by atoms with Crippen LogP contribution in [-0.4, -0.2) is 69.3 Å². The van der Waals surface area contributed by atoms with E-state index in [0.717, 1.165) is 75.4 Å². The molecule has 0 aliphatic carbocycles. The molecule has 0 saturated carbocycles. The molecule has 0 radical (unpaired) electrons. The second-order valence-corrected chi connectivity index (χ2v) is 10.0. The lowest BCUT2D eigenvalue weighted by molar-refractivity contribution is -0.131. The van der Waals surface area contributed by atoms with Gasteiger partial charge >= 0.3 is 0 Å². The van der Waals surface area contributed by atoms with Crippen LogP contribution in [-0.2, 0) is 17.6 Å². The van der Waals surface area contributed by atoms with Crippen LogP contribution in [0.25, 0.3) is 0 Å². The maximum atomic E-state index is 12.9. The van der Waals surface area contributed by atoms with Crippen molar-refractivity contribution in [2.24, 2.45) is 0 Å². The molecule has 37 heavy (non-hydrogen) atoms. The smallest absolute Gasteiger partial charge is 0.222 e. The third-order valence-electron chi connectivity index (χ3n) is 7.43. The number of amides is 1. The first-order chi connectivity index (χ1) is 18.1. The quantitative estimate of drug-likeness (QED) is 0.269. The molecule has 2 aromatic carbocycles. The summed E-state index contributed by atoms with van der Waals surface area (Å²) in [4.78, 5) is 17.6. The zero-order valence-electron chi connectivity index (χ0n) is 23.3. The highest BCUT2D eigenvalue weighted by molar-refractivity contribution is 5.76. The van der Waals surface area contributed by atoms with E-state index < -0.39 is 0 Å². The van der Waals surface area contributed by atoms with Crippen LogP contribution in [0.5, 0.6) is 17.2 Å². The van der Waals surface area contributed by atoms with Crippen molar-refractivity contribution in [1.29, 1.82) is 0 Å². The normalized spacial score (nSPS) is 15.5. The number of hydrogen-bond donors (Lipinski definition) is 0. The molecule has 1 aliphatic heterocycles. The first-order valence-corrected chi connectivity index (χ1v) is 13.9. The minimum absolute atomic E-state index is 0.294. The van der Waals surface area contributed by atoms with Crippen LogP contribution < -0.4 is 14.2 Å². The Morgan fingerprint density at radius 3 is 2.38 bits per heavy atom. The molecule has 0 spiro atoms. The summed E-state index contributed by atoms with van der Waals surface area (Å²) in [7, 11) is 5.05. The Morgan fingerprint density at radius 1 is 0.919 bits per heavy atom. The number of carbonyl (C=O) groups excluding carboxylic acids is 1. The van der Waals surface area contributed by atoms with E-state index >= 15 is 0 Å². The van der Waals surface area contributed by atoms with Gasteiger partial charge in [0.25, 0.3) is 0 Å². The summed E-state index contributed by atoms with van der Waals surface area (Å²) in [5, 5.41) is 0. The number of hydrogen-bond acceptors (Lipinski definition) is 5. The zero-order valence-corrected chi connectivity index (χ0v) is 23.3. The SMILES string of the molecule is CCCN(CCc1ccc(OC)cc1)C(=O)CCCCCN1CCC[C@@H]1Cc1ccc(OC)c(OC)c1. The molecule has 0 bridgehead atoms. The minimum Gasteiger partial charge on any atom is -0.497 e. The lowest BCUT2D eigenvalue weighted by Crippen LogP contribution is -2.33. The van der Waals surface area contributed by atoms with Crippen LogP contribution in [0.4, 0.5) is 0 Å². The number of nitrogens with zero attached hydrogens (tertiary/aromatic N) is 2. The first kappa shape index (κ1) is 28.8. The van der Waals surface area contributed by atoms with Gasteiger partial charge in [0.05, 0.1) is 21.3 Å². The molecule has 6 heteroatoms. The second kappa shape index (κ2) is 15.5.